The second-order valence-corrected chi connectivity index (χ2v) is 10.0. The normalized spacial score (nSPS) is 33.9. The van der Waals surface area contributed by atoms with Crippen molar-refractivity contribution in [3.8, 4) is 0 Å². The van der Waals surface area contributed by atoms with Gasteiger partial charge in [-0.1, -0.05) is 0 Å². The number of carbonyl (C=O) groups excluding carboxylic acids is 1. The lowest BCUT2D eigenvalue weighted by atomic mass is 9.67. The van der Waals surface area contributed by atoms with E-state index in [1.807, 2.05) is 0 Å². The monoisotopic (exact) mass is 450 g/mol. The molecule has 32 heavy (non-hydrogen) atoms. The van der Waals surface area contributed by atoms with Gasteiger partial charge in [-0.05, 0) is 74.8 Å². The van der Waals surface area contributed by atoms with Crippen LogP contribution >= 0.6 is 0 Å². The lowest BCUT2D eigenvalue weighted by Crippen LogP contribution is -2.64. The summed E-state index contributed by atoms with van der Waals surface area (Å²) >= 11 is 0. The van der Waals surface area contributed by atoms with Crippen LogP contribution in [0.5, 0.6) is 0 Å². The number of carbonyl (C=O) groups is 1. The van der Waals surface area contributed by atoms with Gasteiger partial charge in [-0.25, -0.2) is 0 Å². The smallest absolute Gasteiger partial charge is 0.369 e. The summed E-state index contributed by atoms with van der Waals surface area (Å²) < 4.78 is 38.4. The number of piperazine rings is 1. The number of anilines is 1. The minimum atomic E-state index is -4.29. The Morgan fingerprint density at radius 2 is 1.75 bits per heavy atom. The Bertz CT molecular complexity index is 806. The first-order chi connectivity index (χ1) is 15.4. The fraction of sp³-hybridized carbons (Fsp3) is 0.708. The molecule has 3 heterocycles. The topological polar surface area (TPSA) is 47.6 Å². The number of piperidine rings is 2. The molecule has 0 aromatic heterocycles. The van der Waals surface area contributed by atoms with Crippen LogP contribution < -0.4 is 15.5 Å². The Morgan fingerprint density at radius 3 is 2.47 bits per heavy atom. The summed E-state index contributed by atoms with van der Waals surface area (Å²) in [6.45, 7) is 5.57. The van der Waals surface area contributed by atoms with E-state index in [4.69, 9.17) is 0 Å². The molecule has 1 aromatic rings. The summed E-state index contributed by atoms with van der Waals surface area (Å²) in [5.41, 5.74) is 0.262. The Hall–Kier alpha value is -1.80. The van der Waals surface area contributed by atoms with E-state index in [1.165, 1.54) is 25.0 Å². The number of benzene rings is 1. The third kappa shape index (κ3) is 4.49. The van der Waals surface area contributed by atoms with Gasteiger partial charge in [-0.2, -0.15) is 13.2 Å². The van der Waals surface area contributed by atoms with Crippen LogP contribution in [0.1, 0.15) is 37.7 Å². The lowest BCUT2D eigenvalue weighted by molar-refractivity contribution is -0.137. The minimum Gasteiger partial charge on any atom is -0.369 e. The minimum absolute atomic E-state index is 0.153. The molecule has 1 saturated carbocycles. The third-order valence-corrected chi connectivity index (χ3v) is 8.09. The van der Waals surface area contributed by atoms with Gasteiger partial charge < -0.3 is 15.5 Å². The van der Waals surface area contributed by atoms with Crippen LogP contribution in [-0.2, 0) is 11.0 Å². The van der Waals surface area contributed by atoms with Crippen LogP contribution in [0.3, 0.4) is 0 Å². The van der Waals surface area contributed by atoms with Crippen LogP contribution in [0.4, 0.5) is 18.9 Å². The molecule has 0 spiro atoms. The van der Waals surface area contributed by atoms with Crippen molar-refractivity contribution in [3.05, 3.63) is 29.8 Å². The predicted molar refractivity (Wildman–Crippen MR) is 117 cm³/mol. The van der Waals surface area contributed by atoms with Gasteiger partial charge in [0.05, 0.1) is 11.5 Å². The van der Waals surface area contributed by atoms with Crippen molar-refractivity contribution in [1.29, 1.82) is 0 Å². The quantitative estimate of drug-likeness (QED) is 0.743. The van der Waals surface area contributed by atoms with Gasteiger partial charge in [0.25, 0.3) is 0 Å². The summed E-state index contributed by atoms with van der Waals surface area (Å²) in [6.07, 6.45) is 1.26. The number of nitrogens with one attached hydrogen (secondary N) is 2. The summed E-state index contributed by atoms with van der Waals surface area (Å²) in [4.78, 5) is 17.3. The molecular formula is C24H33F3N4O. The molecule has 1 aliphatic carbocycles. The highest BCUT2D eigenvalue weighted by Crippen LogP contribution is 2.39. The molecule has 5 nitrogen and oxygen atoms in total. The summed E-state index contributed by atoms with van der Waals surface area (Å²) in [5, 5.41) is 6.98. The number of amides is 1. The van der Waals surface area contributed by atoms with Crippen LogP contribution in [-0.4, -0.2) is 62.2 Å². The van der Waals surface area contributed by atoms with Gasteiger partial charge in [0, 0.05) is 50.5 Å². The largest absolute Gasteiger partial charge is 0.416 e. The van der Waals surface area contributed by atoms with Gasteiger partial charge in [0.2, 0.25) is 5.91 Å². The summed E-state index contributed by atoms with van der Waals surface area (Å²) in [6, 6.07) is 6.16. The van der Waals surface area contributed by atoms with Gasteiger partial charge in [-0.3, -0.25) is 9.69 Å². The zero-order valence-corrected chi connectivity index (χ0v) is 18.4. The maximum Gasteiger partial charge on any atom is 0.416 e. The molecule has 5 atom stereocenters. The van der Waals surface area contributed by atoms with Gasteiger partial charge >= 0.3 is 6.18 Å². The van der Waals surface area contributed by atoms with Crippen molar-refractivity contribution in [2.45, 2.75) is 50.4 Å². The first-order valence-electron chi connectivity index (χ1n) is 12.1. The number of nitrogens with zero attached hydrogens (tertiary/aromatic N) is 2. The zero-order chi connectivity index (χ0) is 22.3. The highest BCUT2D eigenvalue weighted by atomic mass is 19.4. The predicted octanol–water partition coefficient (Wildman–Crippen LogP) is 3.11. The molecule has 4 fully saturated rings. The van der Waals surface area contributed by atoms with E-state index in [-0.39, 0.29) is 11.8 Å². The van der Waals surface area contributed by atoms with Crippen molar-refractivity contribution in [1.82, 2.24) is 15.5 Å². The van der Waals surface area contributed by atoms with Crippen LogP contribution in [0.25, 0.3) is 0 Å². The SMILES string of the molecule is O=C1NC2CC(CN3CCN(c4ccc(C(F)(F)F)cc4)CC3)CCC2C2NCCCC12. The van der Waals surface area contributed by atoms with E-state index in [0.717, 1.165) is 64.2 Å². The van der Waals surface area contributed by atoms with E-state index < -0.39 is 11.7 Å². The van der Waals surface area contributed by atoms with Crippen LogP contribution in [0.2, 0.25) is 0 Å². The Balaban J connectivity index is 1.12. The highest BCUT2D eigenvalue weighted by Gasteiger charge is 2.47. The maximum absolute atomic E-state index is 12.8. The number of alkyl halides is 3. The molecular weight excluding hydrogens is 417 g/mol. The number of hydrogen-bond acceptors (Lipinski definition) is 4. The molecule has 2 N–H and O–H groups in total. The molecule has 8 heteroatoms. The second-order valence-electron chi connectivity index (χ2n) is 10.0. The van der Waals surface area contributed by atoms with Gasteiger partial charge in [0.15, 0.2) is 0 Å². The number of fused-ring (bicyclic) bond motifs is 3. The maximum atomic E-state index is 12.8. The van der Waals surface area contributed by atoms with E-state index in [0.29, 0.717) is 23.9 Å². The van der Waals surface area contributed by atoms with E-state index in [2.05, 4.69) is 20.4 Å². The molecule has 5 rings (SSSR count). The average Bonchev–Trinajstić information content (AvgIpc) is 2.79. The Kier molecular flexibility index (Phi) is 6.09. The van der Waals surface area contributed by atoms with Crippen LogP contribution in [0, 0.1) is 17.8 Å². The molecule has 176 valence electrons. The van der Waals surface area contributed by atoms with Gasteiger partial charge in [0.1, 0.15) is 0 Å². The Labute approximate surface area is 187 Å². The van der Waals surface area contributed by atoms with Crippen LogP contribution in [0.15, 0.2) is 24.3 Å². The lowest BCUT2D eigenvalue weighted by Gasteiger charge is -2.50. The molecule has 1 aromatic carbocycles. The summed E-state index contributed by atoms with van der Waals surface area (Å²) in [7, 11) is 0. The zero-order valence-electron chi connectivity index (χ0n) is 18.4. The standard InChI is InChI=1S/C24H33F3N4O/c25-24(26,27)17-4-6-18(7-5-17)31-12-10-30(11-13-31)15-16-3-8-19-21(14-16)29-23(32)20-2-1-9-28-22(19)20/h4-7,16,19-22,28H,1-3,8-15H2,(H,29,32). The molecule has 0 radical (unpaired) electrons. The number of halogens is 3. The third-order valence-electron chi connectivity index (χ3n) is 8.09. The van der Waals surface area contributed by atoms with E-state index in [1.54, 1.807) is 12.1 Å². The van der Waals surface area contributed by atoms with Crippen molar-refractivity contribution < 1.29 is 18.0 Å². The first-order valence-corrected chi connectivity index (χ1v) is 12.1. The number of rotatable bonds is 3. The van der Waals surface area contributed by atoms with Crippen molar-refractivity contribution >= 4 is 11.6 Å². The molecule has 4 aliphatic rings. The Morgan fingerprint density at radius 1 is 1.00 bits per heavy atom. The van der Waals surface area contributed by atoms with E-state index >= 15 is 0 Å². The molecule has 3 saturated heterocycles. The summed E-state index contributed by atoms with van der Waals surface area (Å²) in [5.74, 6) is 1.55. The molecule has 3 aliphatic heterocycles. The van der Waals surface area contributed by atoms with Crippen molar-refractivity contribution in [2.75, 3.05) is 44.2 Å². The van der Waals surface area contributed by atoms with Gasteiger partial charge in [-0.15, -0.1) is 0 Å². The first kappa shape index (κ1) is 22.0. The van der Waals surface area contributed by atoms with Crippen molar-refractivity contribution in [2.24, 2.45) is 17.8 Å². The molecule has 0 bridgehead atoms. The average molecular weight is 451 g/mol. The second kappa shape index (κ2) is 8.86. The van der Waals surface area contributed by atoms with Crippen molar-refractivity contribution in [3.63, 3.8) is 0 Å². The number of hydrogen-bond donors (Lipinski definition) is 2. The fourth-order valence-electron chi connectivity index (χ4n) is 6.40. The highest BCUT2D eigenvalue weighted by molar-refractivity contribution is 5.81. The molecule has 1 amide bonds. The fourth-order valence-corrected chi connectivity index (χ4v) is 6.40. The molecule has 5 unspecified atom stereocenters. The van der Waals surface area contributed by atoms with E-state index in [9.17, 15) is 18.0 Å².